The Bertz CT molecular complexity index is 600. The van der Waals surface area contributed by atoms with Crippen molar-refractivity contribution in [1.82, 2.24) is 0 Å². The van der Waals surface area contributed by atoms with Crippen molar-refractivity contribution >= 4 is 12.3 Å². The molecule has 0 aliphatic carbocycles. The number of hydrogen-bond donors (Lipinski definition) is 2. The molecule has 0 saturated carbocycles. The first-order valence-electron chi connectivity index (χ1n) is 5.23. The predicted molar refractivity (Wildman–Crippen MR) is 65.9 cm³/mol. The molecule has 0 spiro atoms. The van der Waals surface area contributed by atoms with Crippen LogP contribution in [0.25, 0.3) is 11.1 Å². The molecule has 0 unspecified atom stereocenters. The fourth-order valence-electron chi connectivity index (χ4n) is 1.66. The van der Waals surface area contributed by atoms with E-state index < -0.39 is 5.97 Å². The lowest BCUT2D eigenvalue weighted by Gasteiger charge is -2.05. The third-order valence-electron chi connectivity index (χ3n) is 2.54. The van der Waals surface area contributed by atoms with Gasteiger partial charge in [-0.3, -0.25) is 4.79 Å². The smallest absolute Gasteiger partial charge is 0.335 e. The van der Waals surface area contributed by atoms with Crippen molar-refractivity contribution in [2.75, 3.05) is 0 Å². The van der Waals surface area contributed by atoms with Crippen LogP contribution >= 0.6 is 0 Å². The second kappa shape index (κ2) is 4.71. The first kappa shape index (κ1) is 11.9. The second-order valence-corrected chi connectivity index (χ2v) is 3.81. The number of carboxylic acids is 1. The van der Waals surface area contributed by atoms with Gasteiger partial charge in [-0.15, -0.1) is 0 Å². The zero-order valence-corrected chi connectivity index (χ0v) is 9.33. The maximum absolute atomic E-state index is 10.9. The summed E-state index contributed by atoms with van der Waals surface area (Å²) in [4.78, 5) is 21.4. The van der Waals surface area contributed by atoms with E-state index in [1.807, 2.05) is 0 Å². The summed E-state index contributed by atoms with van der Waals surface area (Å²) in [6, 6.07) is 10.8. The molecule has 90 valence electrons. The summed E-state index contributed by atoms with van der Waals surface area (Å²) in [6.45, 7) is 0. The highest BCUT2D eigenvalue weighted by molar-refractivity contribution is 5.90. The van der Waals surface area contributed by atoms with E-state index in [2.05, 4.69) is 0 Å². The number of hydrogen-bond acceptors (Lipinski definition) is 3. The number of phenolic OH excluding ortho intramolecular Hbond substituents is 1. The zero-order valence-electron chi connectivity index (χ0n) is 9.33. The molecule has 2 rings (SSSR count). The molecule has 0 saturated heterocycles. The number of carbonyl (C=O) groups excluding carboxylic acids is 1. The van der Waals surface area contributed by atoms with Crippen LogP contribution in [0.4, 0.5) is 0 Å². The molecule has 2 aromatic rings. The van der Waals surface area contributed by atoms with Gasteiger partial charge in [0.2, 0.25) is 0 Å². The summed E-state index contributed by atoms with van der Waals surface area (Å²) in [5.74, 6) is -1.21. The van der Waals surface area contributed by atoms with Gasteiger partial charge in [-0.05, 0) is 29.3 Å². The number of aromatic hydroxyl groups is 1. The van der Waals surface area contributed by atoms with Crippen molar-refractivity contribution in [1.29, 1.82) is 0 Å². The predicted octanol–water partition coefficient (Wildman–Crippen LogP) is 2.57. The number of carbonyl (C=O) groups is 2. The van der Waals surface area contributed by atoms with Gasteiger partial charge < -0.3 is 10.2 Å². The van der Waals surface area contributed by atoms with Gasteiger partial charge in [-0.1, -0.05) is 24.3 Å². The minimum atomic E-state index is -1.10. The second-order valence-electron chi connectivity index (χ2n) is 3.81. The molecule has 0 aliphatic rings. The normalized spacial score (nSPS) is 10.0. The van der Waals surface area contributed by atoms with E-state index in [0.29, 0.717) is 11.1 Å². The maximum atomic E-state index is 10.9. The Morgan fingerprint density at radius 1 is 1.00 bits per heavy atom. The van der Waals surface area contributed by atoms with E-state index in [1.165, 1.54) is 18.2 Å². The van der Waals surface area contributed by atoms with E-state index in [4.69, 9.17) is 5.11 Å². The van der Waals surface area contributed by atoms with Crippen molar-refractivity contribution in [3.63, 3.8) is 0 Å². The Hall–Kier alpha value is -2.62. The quantitative estimate of drug-likeness (QED) is 0.811. The van der Waals surface area contributed by atoms with E-state index in [1.54, 1.807) is 24.3 Å². The highest BCUT2D eigenvalue weighted by Gasteiger charge is 2.08. The van der Waals surface area contributed by atoms with E-state index in [0.717, 1.165) is 11.8 Å². The molecular formula is C14H10O4. The molecule has 0 fully saturated rings. The van der Waals surface area contributed by atoms with E-state index >= 15 is 0 Å². The van der Waals surface area contributed by atoms with Gasteiger partial charge in [-0.25, -0.2) is 4.79 Å². The number of aldehydes is 1. The van der Waals surface area contributed by atoms with Gasteiger partial charge >= 0.3 is 5.97 Å². The van der Waals surface area contributed by atoms with E-state index in [9.17, 15) is 14.7 Å². The molecule has 0 amide bonds. The molecule has 0 aliphatic heterocycles. The number of benzene rings is 2. The van der Waals surface area contributed by atoms with Crippen LogP contribution in [0, 0.1) is 0 Å². The fraction of sp³-hybridized carbons (Fsp3) is 0. The molecule has 4 heteroatoms. The van der Waals surface area contributed by atoms with Crippen LogP contribution in [0.2, 0.25) is 0 Å². The number of rotatable bonds is 3. The number of aromatic carboxylic acids is 1. The molecular weight excluding hydrogens is 232 g/mol. The largest absolute Gasteiger partial charge is 0.508 e. The lowest BCUT2D eigenvalue weighted by molar-refractivity contribution is 0.0696. The van der Waals surface area contributed by atoms with Crippen molar-refractivity contribution in [3.8, 4) is 16.9 Å². The minimum Gasteiger partial charge on any atom is -0.508 e. The van der Waals surface area contributed by atoms with Gasteiger partial charge in [-0.2, -0.15) is 0 Å². The molecule has 0 heterocycles. The van der Waals surface area contributed by atoms with Crippen molar-refractivity contribution in [2.24, 2.45) is 0 Å². The van der Waals surface area contributed by atoms with Gasteiger partial charge in [0.25, 0.3) is 0 Å². The Balaban J connectivity index is 2.49. The van der Waals surface area contributed by atoms with Crippen LogP contribution in [0.5, 0.6) is 5.75 Å². The summed E-state index contributed by atoms with van der Waals surface area (Å²) in [7, 11) is 0. The molecule has 0 radical (unpaired) electrons. The summed E-state index contributed by atoms with van der Waals surface area (Å²) in [6.07, 6.45) is 0.731. The topological polar surface area (TPSA) is 74.6 Å². The van der Waals surface area contributed by atoms with Gasteiger partial charge in [0.15, 0.2) is 0 Å². The lowest BCUT2D eigenvalue weighted by Crippen LogP contribution is -1.96. The van der Waals surface area contributed by atoms with Crippen LogP contribution in [-0.4, -0.2) is 22.5 Å². The van der Waals surface area contributed by atoms with Crippen molar-refractivity contribution in [2.45, 2.75) is 0 Å². The van der Waals surface area contributed by atoms with Crippen LogP contribution in [0.3, 0.4) is 0 Å². The third kappa shape index (κ3) is 2.38. The molecule has 2 aromatic carbocycles. The van der Waals surface area contributed by atoms with E-state index in [-0.39, 0.29) is 11.3 Å². The first-order chi connectivity index (χ1) is 8.60. The Kier molecular flexibility index (Phi) is 3.10. The minimum absolute atomic E-state index is 0.0180. The maximum Gasteiger partial charge on any atom is 0.335 e. The Labute approximate surface area is 103 Å². The highest BCUT2D eigenvalue weighted by atomic mass is 16.4. The summed E-state index contributed by atoms with van der Waals surface area (Å²) in [5.41, 5.74) is 1.88. The molecule has 0 bridgehead atoms. The first-order valence-corrected chi connectivity index (χ1v) is 5.23. The molecule has 2 N–H and O–H groups in total. The standard InChI is InChI=1S/C14H10O4/c15-8-9-1-3-10(4-2-9)11-5-12(14(17)18)7-13(16)6-11/h1-8,16H,(H,17,18). The van der Waals surface area contributed by atoms with Crippen molar-refractivity contribution in [3.05, 3.63) is 53.6 Å². The molecule has 0 atom stereocenters. The SMILES string of the molecule is O=Cc1ccc(-c2cc(O)cc(C(=O)O)c2)cc1. The van der Waals surface area contributed by atoms with Gasteiger partial charge in [0.05, 0.1) is 5.56 Å². The summed E-state index contributed by atoms with van der Waals surface area (Å²) >= 11 is 0. The molecule has 18 heavy (non-hydrogen) atoms. The fourth-order valence-corrected chi connectivity index (χ4v) is 1.66. The third-order valence-corrected chi connectivity index (χ3v) is 2.54. The average Bonchev–Trinajstić information content (AvgIpc) is 2.38. The Morgan fingerprint density at radius 2 is 1.67 bits per heavy atom. The Morgan fingerprint density at radius 3 is 2.22 bits per heavy atom. The monoisotopic (exact) mass is 242 g/mol. The van der Waals surface area contributed by atoms with Crippen LogP contribution in [0.15, 0.2) is 42.5 Å². The lowest BCUT2D eigenvalue weighted by atomic mass is 10.0. The van der Waals surface area contributed by atoms with Crippen LogP contribution in [-0.2, 0) is 0 Å². The van der Waals surface area contributed by atoms with Gasteiger partial charge in [0.1, 0.15) is 12.0 Å². The average molecular weight is 242 g/mol. The van der Waals surface area contributed by atoms with Crippen LogP contribution in [0.1, 0.15) is 20.7 Å². The van der Waals surface area contributed by atoms with Gasteiger partial charge in [0, 0.05) is 5.56 Å². The van der Waals surface area contributed by atoms with Crippen LogP contribution < -0.4 is 0 Å². The highest BCUT2D eigenvalue weighted by Crippen LogP contribution is 2.25. The summed E-state index contributed by atoms with van der Waals surface area (Å²) < 4.78 is 0. The molecule has 4 nitrogen and oxygen atoms in total. The zero-order chi connectivity index (χ0) is 13.1. The van der Waals surface area contributed by atoms with Crippen molar-refractivity contribution < 1.29 is 19.8 Å². The molecule has 0 aromatic heterocycles. The number of phenols is 1. The number of carboxylic acid groups (broad SMARTS) is 1. The summed E-state index contributed by atoms with van der Waals surface area (Å²) in [5, 5.41) is 18.4.